The molecule has 0 aliphatic carbocycles. The Labute approximate surface area is 227 Å². The standard InChI is InChI=1S/C30H33N5O4/c1-3-34-13-9-21(10-14-34)20-4-6-22(7-5-20)29(36)33-28-18-25(8-12-32-28)39-27-17-23-11-15-35(30(31)37)26(23)16-24(27)19-38-2/h4-8,11-12,15-18,21H,3,9-10,13-14,19H2,1-2H3,(H2,31,37)(H,32,33,36). The lowest BCUT2D eigenvalue weighted by atomic mass is 9.89. The highest BCUT2D eigenvalue weighted by molar-refractivity contribution is 6.03. The summed E-state index contributed by atoms with van der Waals surface area (Å²) in [6.07, 6.45) is 5.49. The summed E-state index contributed by atoms with van der Waals surface area (Å²) in [7, 11) is 1.59. The van der Waals surface area contributed by atoms with E-state index in [4.69, 9.17) is 15.2 Å². The Morgan fingerprint density at radius 2 is 1.85 bits per heavy atom. The van der Waals surface area contributed by atoms with E-state index in [1.165, 1.54) is 10.1 Å². The molecule has 1 aliphatic heterocycles. The molecule has 2 aromatic heterocycles. The van der Waals surface area contributed by atoms with Crippen LogP contribution in [0.4, 0.5) is 10.6 Å². The van der Waals surface area contributed by atoms with Crippen LogP contribution in [0.2, 0.25) is 0 Å². The van der Waals surface area contributed by atoms with Crippen LogP contribution < -0.4 is 15.8 Å². The molecule has 3 heterocycles. The minimum Gasteiger partial charge on any atom is -0.457 e. The predicted molar refractivity (Wildman–Crippen MR) is 150 cm³/mol. The quantitative estimate of drug-likeness (QED) is 0.319. The fraction of sp³-hybridized carbons (Fsp3) is 0.300. The molecule has 9 nitrogen and oxygen atoms in total. The van der Waals surface area contributed by atoms with Gasteiger partial charge in [-0.2, -0.15) is 0 Å². The number of piperidine rings is 1. The van der Waals surface area contributed by atoms with Crippen LogP contribution in [-0.4, -0.2) is 53.1 Å². The highest BCUT2D eigenvalue weighted by Gasteiger charge is 2.20. The fourth-order valence-electron chi connectivity index (χ4n) is 5.11. The van der Waals surface area contributed by atoms with Gasteiger partial charge in [-0.3, -0.25) is 9.36 Å². The van der Waals surface area contributed by atoms with Crippen molar-refractivity contribution in [2.24, 2.45) is 5.73 Å². The first-order valence-electron chi connectivity index (χ1n) is 13.2. The Morgan fingerprint density at radius 3 is 2.54 bits per heavy atom. The van der Waals surface area contributed by atoms with Gasteiger partial charge < -0.3 is 25.4 Å². The second-order valence-electron chi connectivity index (χ2n) is 9.74. The zero-order valence-corrected chi connectivity index (χ0v) is 22.2. The number of nitrogens with zero attached hydrogens (tertiary/aromatic N) is 3. The van der Waals surface area contributed by atoms with Gasteiger partial charge in [0.2, 0.25) is 0 Å². The molecule has 0 saturated carbocycles. The molecule has 0 bridgehead atoms. The average Bonchev–Trinajstić information content (AvgIpc) is 3.37. The van der Waals surface area contributed by atoms with E-state index >= 15 is 0 Å². The number of hydrogen-bond donors (Lipinski definition) is 2. The summed E-state index contributed by atoms with van der Waals surface area (Å²) >= 11 is 0. The first-order valence-corrected chi connectivity index (χ1v) is 13.2. The van der Waals surface area contributed by atoms with Gasteiger partial charge in [0.15, 0.2) is 0 Å². The van der Waals surface area contributed by atoms with Crippen LogP contribution >= 0.6 is 0 Å². The van der Waals surface area contributed by atoms with E-state index in [1.54, 1.807) is 37.7 Å². The zero-order chi connectivity index (χ0) is 27.4. The van der Waals surface area contributed by atoms with E-state index in [9.17, 15) is 9.59 Å². The number of nitrogens with one attached hydrogen (secondary N) is 1. The molecule has 3 N–H and O–H groups in total. The van der Waals surface area contributed by atoms with Crippen molar-refractivity contribution in [2.75, 3.05) is 32.1 Å². The first kappa shape index (κ1) is 26.4. The fourth-order valence-corrected chi connectivity index (χ4v) is 5.11. The van der Waals surface area contributed by atoms with E-state index in [0.29, 0.717) is 34.3 Å². The Morgan fingerprint density at radius 1 is 1.08 bits per heavy atom. The van der Waals surface area contributed by atoms with Crippen LogP contribution in [0.15, 0.2) is 67.0 Å². The van der Waals surface area contributed by atoms with Crippen LogP contribution in [0, 0.1) is 0 Å². The minimum absolute atomic E-state index is 0.235. The number of hydrogen-bond acceptors (Lipinski definition) is 6. The van der Waals surface area contributed by atoms with Crippen molar-refractivity contribution >= 4 is 28.7 Å². The number of primary amides is 1. The van der Waals surface area contributed by atoms with Gasteiger partial charge in [-0.25, -0.2) is 9.78 Å². The molecule has 0 unspecified atom stereocenters. The number of amides is 2. The summed E-state index contributed by atoms with van der Waals surface area (Å²) in [5, 5.41) is 3.66. The average molecular weight is 528 g/mol. The Balaban J connectivity index is 1.28. The molecule has 0 spiro atoms. The van der Waals surface area contributed by atoms with Crippen molar-refractivity contribution in [2.45, 2.75) is 32.3 Å². The largest absolute Gasteiger partial charge is 0.457 e. The number of benzene rings is 2. The van der Waals surface area contributed by atoms with E-state index in [0.717, 1.165) is 43.4 Å². The number of rotatable bonds is 8. The number of aromatic nitrogens is 2. The van der Waals surface area contributed by atoms with Crippen LogP contribution in [0.5, 0.6) is 11.5 Å². The molecule has 1 fully saturated rings. The van der Waals surface area contributed by atoms with Crippen molar-refractivity contribution in [1.29, 1.82) is 0 Å². The third-order valence-corrected chi connectivity index (χ3v) is 7.29. The maximum Gasteiger partial charge on any atom is 0.323 e. The van der Waals surface area contributed by atoms with E-state index in [-0.39, 0.29) is 12.5 Å². The van der Waals surface area contributed by atoms with E-state index in [1.807, 2.05) is 24.3 Å². The molecule has 2 aromatic carbocycles. The summed E-state index contributed by atoms with van der Waals surface area (Å²) in [4.78, 5) is 31.4. The number of methoxy groups -OCH3 is 1. The summed E-state index contributed by atoms with van der Waals surface area (Å²) in [6.45, 7) is 5.81. The third-order valence-electron chi connectivity index (χ3n) is 7.29. The summed E-state index contributed by atoms with van der Waals surface area (Å²) in [5.41, 5.74) is 8.75. The third kappa shape index (κ3) is 5.94. The SMILES string of the molecule is CCN1CCC(c2ccc(C(=O)Nc3cc(Oc4cc5ccn(C(N)=O)c5cc4COC)ccn3)cc2)CC1. The van der Waals surface area contributed by atoms with Gasteiger partial charge in [-0.1, -0.05) is 19.1 Å². The number of fused-ring (bicyclic) bond motifs is 1. The lowest BCUT2D eigenvalue weighted by Crippen LogP contribution is -2.32. The molecule has 9 heteroatoms. The van der Waals surface area contributed by atoms with Gasteiger partial charge in [-0.15, -0.1) is 0 Å². The molecule has 39 heavy (non-hydrogen) atoms. The number of nitrogens with two attached hydrogens (primary N) is 1. The Kier molecular flexibility index (Phi) is 7.90. The Bertz CT molecular complexity index is 1470. The molecule has 1 saturated heterocycles. The lowest BCUT2D eigenvalue weighted by Gasteiger charge is -2.31. The van der Waals surface area contributed by atoms with Crippen LogP contribution in [-0.2, 0) is 11.3 Å². The summed E-state index contributed by atoms with van der Waals surface area (Å²) < 4.78 is 12.9. The van der Waals surface area contributed by atoms with Gasteiger partial charge in [0.05, 0.1) is 12.1 Å². The lowest BCUT2D eigenvalue weighted by molar-refractivity contribution is 0.102. The monoisotopic (exact) mass is 527 g/mol. The second kappa shape index (κ2) is 11.7. The normalized spacial score (nSPS) is 14.4. The highest BCUT2D eigenvalue weighted by Crippen LogP contribution is 2.32. The second-order valence-corrected chi connectivity index (χ2v) is 9.74. The molecule has 202 valence electrons. The van der Waals surface area contributed by atoms with Gasteiger partial charge in [-0.05, 0) is 80.4 Å². The summed E-state index contributed by atoms with van der Waals surface area (Å²) in [5.74, 6) is 1.75. The van der Waals surface area contributed by atoms with Crippen LogP contribution in [0.1, 0.15) is 47.2 Å². The minimum atomic E-state index is -0.566. The molecular formula is C30H33N5O4. The number of likely N-dealkylation sites (tertiary alicyclic amines) is 1. The van der Waals surface area contributed by atoms with Crippen molar-refractivity contribution in [3.63, 3.8) is 0 Å². The molecule has 0 atom stereocenters. The van der Waals surface area contributed by atoms with Crippen LogP contribution in [0.3, 0.4) is 0 Å². The van der Waals surface area contributed by atoms with Crippen molar-refractivity contribution in [3.8, 4) is 11.5 Å². The van der Waals surface area contributed by atoms with Gasteiger partial charge in [0.1, 0.15) is 17.3 Å². The predicted octanol–water partition coefficient (Wildman–Crippen LogP) is 5.35. The maximum atomic E-state index is 12.9. The number of pyridine rings is 1. The maximum absolute atomic E-state index is 12.9. The van der Waals surface area contributed by atoms with Crippen molar-refractivity contribution in [1.82, 2.24) is 14.5 Å². The number of carbonyl (C=O) groups excluding carboxylic acids is 2. The van der Waals surface area contributed by atoms with Gasteiger partial charge in [0.25, 0.3) is 5.91 Å². The molecule has 2 amide bonds. The molecule has 0 radical (unpaired) electrons. The van der Waals surface area contributed by atoms with E-state index in [2.05, 4.69) is 34.3 Å². The molecular weight excluding hydrogens is 494 g/mol. The van der Waals surface area contributed by atoms with E-state index < -0.39 is 6.03 Å². The zero-order valence-electron chi connectivity index (χ0n) is 22.2. The topological polar surface area (TPSA) is 112 Å². The van der Waals surface area contributed by atoms with Crippen LogP contribution in [0.25, 0.3) is 10.9 Å². The highest BCUT2D eigenvalue weighted by atomic mass is 16.5. The molecule has 5 rings (SSSR count). The van der Waals surface area contributed by atoms with Crippen molar-refractivity contribution < 1.29 is 19.1 Å². The number of anilines is 1. The number of carbonyl (C=O) groups is 2. The molecule has 1 aliphatic rings. The Hall–Kier alpha value is -4.21. The smallest absolute Gasteiger partial charge is 0.323 e. The van der Waals surface area contributed by atoms with Gasteiger partial charge >= 0.3 is 6.03 Å². The number of ether oxygens (including phenoxy) is 2. The van der Waals surface area contributed by atoms with Gasteiger partial charge in [0, 0.05) is 42.1 Å². The summed E-state index contributed by atoms with van der Waals surface area (Å²) in [6, 6.07) is 16.1. The molecule has 4 aromatic rings. The first-order chi connectivity index (χ1) is 18.9. The van der Waals surface area contributed by atoms with Crippen molar-refractivity contribution in [3.05, 3.63) is 83.7 Å².